The molecular weight excluding hydrogens is 363 g/mol. The molecule has 142 valence electrons. The summed E-state index contributed by atoms with van der Waals surface area (Å²) in [5.41, 5.74) is 0.208. The Morgan fingerprint density at radius 3 is 2.85 bits per heavy atom. The zero-order chi connectivity index (χ0) is 19.3. The maximum absolute atomic E-state index is 13.6. The molecule has 0 amide bonds. The van der Waals surface area contributed by atoms with Crippen molar-refractivity contribution in [1.29, 1.82) is 0 Å². The van der Waals surface area contributed by atoms with E-state index in [-0.39, 0.29) is 29.5 Å². The fraction of sp³-hybridized carbons (Fsp3) is 0.333. The number of hydrogen-bond acceptors (Lipinski definition) is 4. The average molecular weight is 379 g/mol. The predicted molar refractivity (Wildman–Crippen MR) is 89.1 cm³/mol. The van der Waals surface area contributed by atoms with Gasteiger partial charge in [-0.25, -0.2) is 4.79 Å². The van der Waals surface area contributed by atoms with Crippen molar-refractivity contribution >= 4 is 5.97 Å². The number of aromatic nitrogens is 2. The quantitative estimate of drug-likeness (QED) is 0.855. The molecule has 27 heavy (non-hydrogen) atoms. The van der Waals surface area contributed by atoms with E-state index < -0.39 is 23.5 Å². The summed E-state index contributed by atoms with van der Waals surface area (Å²) in [6.45, 7) is 2.39. The SMILES string of the molecule is CC1C=CC(Cn2cc3c(n2)-c2c(oc(C(=O)O)c2C(F)(F)F)CC3)=CN1. The highest BCUT2D eigenvalue weighted by molar-refractivity contribution is 5.90. The first kappa shape index (κ1) is 17.4. The van der Waals surface area contributed by atoms with Gasteiger partial charge >= 0.3 is 12.1 Å². The summed E-state index contributed by atoms with van der Waals surface area (Å²) in [4.78, 5) is 11.3. The first-order valence-electron chi connectivity index (χ1n) is 8.40. The van der Waals surface area contributed by atoms with Crippen LogP contribution in [-0.2, 0) is 25.6 Å². The van der Waals surface area contributed by atoms with Gasteiger partial charge in [-0.1, -0.05) is 12.2 Å². The predicted octanol–water partition coefficient (Wildman–Crippen LogP) is 3.39. The molecule has 0 aromatic carbocycles. The zero-order valence-corrected chi connectivity index (χ0v) is 14.3. The van der Waals surface area contributed by atoms with Gasteiger partial charge in [0, 0.05) is 24.9 Å². The molecule has 0 spiro atoms. The van der Waals surface area contributed by atoms with Crippen molar-refractivity contribution in [2.45, 2.75) is 38.5 Å². The summed E-state index contributed by atoms with van der Waals surface area (Å²) in [6, 6.07) is 0.219. The number of hydrogen-bond donors (Lipinski definition) is 2. The average Bonchev–Trinajstić information content (AvgIpc) is 3.16. The van der Waals surface area contributed by atoms with Crippen molar-refractivity contribution in [2.75, 3.05) is 0 Å². The molecule has 0 bridgehead atoms. The zero-order valence-electron chi connectivity index (χ0n) is 14.3. The fourth-order valence-electron chi connectivity index (χ4n) is 3.41. The molecule has 2 aromatic rings. The molecule has 2 aromatic heterocycles. The number of alkyl halides is 3. The Balaban J connectivity index is 1.76. The molecule has 1 aliphatic carbocycles. The molecule has 2 aliphatic rings. The van der Waals surface area contributed by atoms with Gasteiger partial charge in [-0.15, -0.1) is 0 Å². The minimum atomic E-state index is -4.85. The minimum absolute atomic E-state index is 0.0183. The molecule has 6 nitrogen and oxygen atoms in total. The van der Waals surface area contributed by atoms with Gasteiger partial charge in [0.15, 0.2) is 0 Å². The standard InChI is InChI=1S/C18H16F3N3O3/c1-9-2-3-10(6-22-9)7-24-8-11-4-5-12-13(15(11)23-24)14(18(19,20)21)16(27-12)17(25)26/h2-3,6,8-9,22H,4-5,7H2,1H3,(H,25,26). The van der Waals surface area contributed by atoms with Gasteiger partial charge in [-0.2, -0.15) is 18.3 Å². The lowest BCUT2D eigenvalue weighted by Crippen LogP contribution is -2.21. The summed E-state index contributed by atoms with van der Waals surface area (Å²) >= 11 is 0. The van der Waals surface area contributed by atoms with Crippen molar-refractivity contribution in [3.63, 3.8) is 0 Å². The molecule has 9 heteroatoms. The number of carbonyl (C=O) groups is 1. The Kier molecular flexibility index (Phi) is 3.90. The highest BCUT2D eigenvalue weighted by Gasteiger charge is 2.45. The number of fused-ring (bicyclic) bond motifs is 3. The highest BCUT2D eigenvalue weighted by Crippen LogP contribution is 2.46. The topological polar surface area (TPSA) is 80.3 Å². The van der Waals surface area contributed by atoms with E-state index in [9.17, 15) is 18.0 Å². The van der Waals surface area contributed by atoms with Gasteiger partial charge in [0.1, 0.15) is 11.3 Å². The normalized spacial score (nSPS) is 18.5. The number of nitrogens with one attached hydrogen (secondary N) is 1. The molecule has 3 heterocycles. The van der Waals surface area contributed by atoms with Crippen LogP contribution in [0.2, 0.25) is 0 Å². The first-order valence-corrected chi connectivity index (χ1v) is 8.40. The number of allylic oxidation sites excluding steroid dienone is 2. The van der Waals surface area contributed by atoms with Crippen LogP contribution in [0.25, 0.3) is 11.3 Å². The number of aromatic carboxylic acids is 1. The van der Waals surface area contributed by atoms with Crippen LogP contribution >= 0.6 is 0 Å². The van der Waals surface area contributed by atoms with E-state index in [2.05, 4.69) is 10.4 Å². The van der Waals surface area contributed by atoms with Crippen molar-refractivity contribution in [1.82, 2.24) is 15.1 Å². The maximum Gasteiger partial charge on any atom is 0.421 e. The van der Waals surface area contributed by atoms with Crippen molar-refractivity contribution in [3.05, 3.63) is 52.8 Å². The number of halogens is 3. The van der Waals surface area contributed by atoms with Gasteiger partial charge in [-0.05, 0) is 24.5 Å². The molecule has 1 atom stereocenters. The van der Waals surface area contributed by atoms with E-state index in [4.69, 9.17) is 9.52 Å². The molecule has 1 unspecified atom stereocenters. The van der Waals surface area contributed by atoms with Crippen molar-refractivity contribution in [3.8, 4) is 11.3 Å². The molecule has 2 N–H and O–H groups in total. The first-order chi connectivity index (χ1) is 12.7. The molecule has 0 saturated heterocycles. The molecule has 0 saturated carbocycles. The van der Waals surface area contributed by atoms with Gasteiger partial charge in [0.2, 0.25) is 5.76 Å². The summed E-state index contributed by atoms with van der Waals surface area (Å²) in [5.74, 6) is -2.80. The van der Waals surface area contributed by atoms with Crippen LogP contribution in [0.3, 0.4) is 0 Å². The van der Waals surface area contributed by atoms with Gasteiger partial charge in [0.25, 0.3) is 0 Å². The summed E-state index contributed by atoms with van der Waals surface area (Å²) in [7, 11) is 0. The Labute approximate surface area is 152 Å². The van der Waals surface area contributed by atoms with E-state index in [1.165, 1.54) is 0 Å². The molecule has 0 fully saturated rings. The lowest BCUT2D eigenvalue weighted by molar-refractivity contribution is -0.138. The van der Waals surface area contributed by atoms with E-state index in [1.54, 1.807) is 10.9 Å². The van der Waals surface area contributed by atoms with Crippen molar-refractivity contribution < 1.29 is 27.5 Å². The third-order valence-electron chi connectivity index (χ3n) is 4.63. The molecule has 1 aliphatic heterocycles. The second-order valence-electron chi connectivity index (χ2n) is 6.64. The third kappa shape index (κ3) is 3.02. The van der Waals surface area contributed by atoms with E-state index >= 15 is 0 Å². The third-order valence-corrected chi connectivity index (χ3v) is 4.63. The second-order valence-corrected chi connectivity index (χ2v) is 6.64. The summed E-state index contributed by atoms with van der Waals surface area (Å²) < 4.78 is 47.3. The monoisotopic (exact) mass is 379 g/mol. The van der Waals surface area contributed by atoms with E-state index in [0.717, 1.165) is 5.57 Å². The van der Waals surface area contributed by atoms with Crippen molar-refractivity contribution in [2.24, 2.45) is 0 Å². The number of nitrogens with zero attached hydrogens (tertiary/aromatic N) is 2. The van der Waals surface area contributed by atoms with E-state index in [1.807, 2.05) is 25.3 Å². The van der Waals surface area contributed by atoms with Crippen LogP contribution in [0.5, 0.6) is 0 Å². The van der Waals surface area contributed by atoms with Crippen LogP contribution < -0.4 is 5.32 Å². The van der Waals surface area contributed by atoms with Crippen LogP contribution in [0.4, 0.5) is 13.2 Å². The molecule has 0 radical (unpaired) electrons. The van der Waals surface area contributed by atoms with Crippen LogP contribution in [0.1, 0.15) is 34.4 Å². The maximum atomic E-state index is 13.6. The second kappa shape index (κ2) is 6.04. The molecule has 4 rings (SSSR count). The largest absolute Gasteiger partial charge is 0.475 e. The number of dihydropyridines is 1. The Morgan fingerprint density at radius 1 is 1.44 bits per heavy atom. The number of aryl methyl sites for hydroxylation is 2. The lowest BCUT2D eigenvalue weighted by Gasteiger charge is -2.14. The summed E-state index contributed by atoms with van der Waals surface area (Å²) in [5, 5.41) is 16.6. The summed E-state index contributed by atoms with van der Waals surface area (Å²) in [6.07, 6.45) is 3.26. The highest BCUT2D eigenvalue weighted by atomic mass is 19.4. The minimum Gasteiger partial charge on any atom is -0.475 e. The molecular formula is C18H16F3N3O3. The Bertz CT molecular complexity index is 982. The fourth-order valence-corrected chi connectivity index (χ4v) is 3.41. The number of carboxylic acids is 1. The van der Waals surface area contributed by atoms with E-state index in [0.29, 0.717) is 18.5 Å². The van der Waals surface area contributed by atoms with Gasteiger partial charge in [-0.3, -0.25) is 4.68 Å². The van der Waals surface area contributed by atoms with Gasteiger partial charge in [0.05, 0.1) is 17.8 Å². The van der Waals surface area contributed by atoms with Crippen LogP contribution in [0.15, 0.2) is 34.5 Å². The number of furan rings is 1. The number of rotatable bonds is 3. The Morgan fingerprint density at radius 2 is 2.22 bits per heavy atom. The smallest absolute Gasteiger partial charge is 0.421 e. The van der Waals surface area contributed by atoms with Crippen LogP contribution in [-0.4, -0.2) is 26.9 Å². The Hall–Kier alpha value is -2.97. The van der Waals surface area contributed by atoms with Gasteiger partial charge < -0.3 is 14.8 Å². The number of carboxylic acid groups (broad SMARTS) is 1. The van der Waals surface area contributed by atoms with Crippen LogP contribution in [0, 0.1) is 0 Å². The lowest BCUT2D eigenvalue weighted by atomic mass is 9.93.